The lowest BCUT2D eigenvalue weighted by molar-refractivity contribution is -0.192. The van der Waals surface area contributed by atoms with E-state index < -0.39 is 65.4 Å². The quantitative estimate of drug-likeness (QED) is 0.165. The molecule has 0 radical (unpaired) electrons. The van der Waals surface area contributed by atoms with Crippen LogP contribution in [0.1, 0.15) is 19.3 Å². The van der Waals surface area contributed by atoms with Gasteiger partial charge in [-0.15, -0.1) is 11.8 Å². The molecule has 1 fully saturated rings. The number of carbonyl (C=O) groups excluding carboxylic acids is 4. The van der Waals surface area contributed by atoms with E-state index in [1.54, 1.807) is 0 Å². The van der Waals surface area contributed by atoms with Crippen LogP contribution in [0.15, 0.2) is 11.3 Å². The predicted molar refractivity (Wildman–Crippen MR) is 112 cm³/mol. The van der Waals surface area contributed by atoms with Crippen molar-refractivity contribution in [3.8, 4) is 0 Å². The van der Waals surface area contributed by atoms with Crippen LogP contribution >= 0.6 is 11.8 Å². The zero-order valence-electron chi connectivity index (χ0n) is 18.2. The summed E-state index contributed by atoms with van der Waals surface area (Å²) in [4.78, 5) is 71.4. The number of carboxylic acid groups (broad SMARTS) is 2. The second-order valence-corrected chi connectivity index (χ2v) is 8.18. The van der Waals surface area contributed by atoms with Gasteiger partial charge >= 0.3 is 24.1 Å². The molecule has 1 unspecified atom stereocenters. The summed E-state index contributed by atoms with van der Waals surface area (Å²) in [6.07, 6.45) is -2.30. The summed E-state index contributed by atoms with van der Waals surface area (Å²) in [7, 11) is 2.25. The van der Waals surface area contributed by atoms with Crippen LogP contribution in [0.2, 0.25) is 0 Å². The molecule has 1 saturated heterocycles. The Hall–Kier alpha value is -3.53. The number of rotatable bonds is 11. The van der Waals surface area contributed by atoms with E-state index in [0.717, 1.165) is 23.8 Å². The number of carboxylic acids is 2. The van der Waals surface area contributed by atoms with Gasteiger partial charge in [-0.25, -0.2) is 19.2 Å². The van der Waals surface area contributed by atoms with Crippen LogP contribution in [-0.4, -0.2) is 94.8 Å². The highest BCUT2D eigenvalue weighted by Crippen LogP contribution is 2.46. The van der Waals surface area contributed by atoms with Gasteiger partial charge in [0.2, 0.25) is 5.91 Å². The lowest BCUT2D eigenvalue weighted by Gasteiger charge is -2.55. The van der Waals surface area contributed by atoms with Crippen LogP contribution in [0, 0.1) is 0 Å². The van der Waals surface area contributed by atoms with Crippen molar-refractivity contribution < 1.29 is 53.2 Å². The number of methoxy groups -OCH3 is 2. The molecule has 34 heavy (non-hydrogen) atoms. The maximum Gasteiger partial charge on any atom is 0.407 e. The third-order valence-electron chi connectivity index (χ3n) is 5.02. The van der Waals surface area contributed by atoms with E-state index in [9.17, 15) is 33.9 Å². The third-order valence-corrected chi connectivity index (χ3v) is 6.39. The minimum absolute atomic E-state index is 0.0389. The Labute approximate surface area is 196 Å². The molecule has 188 valence electrons. The normalized spacial score (nSPS) is 22.1. The van der Waals surface area contributed by atoms with Crippen molar-refractivity contribution in [2.75, 3.05) is 26.6 Å². The average Bonchev–Trinajstić information content (AvgIpc) is 2.78. The molecular weight excluding hydrogens is 480 g/mol. The van der Waals surface area contributed by atoms with E-state index in [-0.39, 0.29) is 30.6 Å². The molecule has 0 bridgehead atoms. The molecule has 0 saturated carbocycles. The first-order chi connectivity index (χ1) is 16.0. The molecule has 0 aromatic heterocycles. The number of carbonyl (C=O) groups is 6. The molecule has 2 aliphatic heterocycles. The van der Waals surface area contributed by atoms with Crippen molar-refractivity contribution in [1.82, 2.24) is 15.5 Å². The molecule has 15 nitrogen and oxygen atoms in total. The van der Waals surface area contributed by atoms with Crippen molar-refractivity contribution in [3.63, 3.8) is 0 Å². The summed E-state index contributed by atoms with van der Waals surface area (Å²) in [5.74, 6) is -4.18. The highest BCUT2D eigenvalue weighted by molar-refractivity contribution is 8.00. The second-order valence-electron chi connectivity index (χ2n) is 7.11. The smallest absolute Gasteiger partial charge is 0.407 e. The highest BCUT2D eigenvalue weighted by atomic mass is 32.2. The monoisotopic (exact) mass is 504 g/mol. The van der Waals surface area contributed by atoms with Gasteiger partial charge in [-0.05, 0) is 12.8 Å². The zero-order chi connectivity index (χ0) is 25.6. The van der Waals surface area contributed by atoms with Crippen molar-refractivity contribution in [1.29, 1.82) is 0 Å². The third kappa shape index (κ3) is 5.51. The fourth-order valence-corrected chi connectivity index (χ4v) is 4.83. The van der Waals surface area contributed by atoms with Gasteiger partial charge in [0.15, 0.2) is 0 Å². The number of β-lactam (4-membered cyclic amide) rings is 1. The molecule has 0 aromatic rings. The number of amides is 4. The minimum atomic E-state index is -1.84. The molecule has 4 amide bonds. The van der Waals surface area contributed by atoms with Gasteiger partial charge in [0.25, 0.3) is 11.6 Å². The van der Waals surface area contributed by atoms with Crippen LogP contribution in [-0.2, 0) is 33.4 Å². The fraction of sp³-hybridized carbons (Fsp3) is 0.556. The van der Waals surface area contributed by atoms with E-state index in [1.165, 1.54) is 7.11 Å². The summed E-state index contributed by atoms with van der Waals surface area (Å²) in [6.45, 7) is -0.419. The Morgan fingerprint density at radius 3 is 2.47 bits per heavy atom. The van der Waals surface area contributed by atoms with Gasteiger partial charge < -0.3 is 40.8 Å². The van der Waals surface area contributed by atoms with Gasteiger partial charge in [0, 0.05) is 24.9 Å². The fourth-order valence-electron chi connectivity index (χ4n) is 3.41. The van der Waals surface area contributed by atoms with E-state index >= 15 is 0 Å². The van der Waals surface area contributed by atoms with Crippen molar-refractivity contribution in [2.45, 2.75) is 36.4 Å². The number of hydrogen-bond donors (Lipinski definition) is 5. The minimum Gasteiger partial charge on any atom is -0.480 e. The van der Waals surface area contributed by atoms with Crippen molar-refractivity contribution in [3.05, 3.63) is 11.3 Å². The number of alkyl carbamates (subject to hydrolysis) is 1. The Morgan fingerprint density at radius 1 is 1.26 bits per heavy atom. The maximum absolute atomic E-state index is 12.9. The molecule has 16 heteroatoms. The molecule has 2 heterocycles. The molecule has 2 rings (SSSR count). The summed E-state index contributed by atoms with van der Waals surface area (Å²) in [5, 5.41) is 22.4. The summed E-state index contributed by atoms with van der Waals surface area (Å²) >= 11 is 1.09. The Bertz CT molecular complexity index is 924. The van der Waals surface area contributed by atoms with Crippen molar-refractivity contribution >= 4 is 47.7 Å². The van der Waals surface area contributed by atoms with Gasteiger partial charge in [0.05, 0.1) is 7.11 Å². The summed E-state index contributed by atoms with van der Waals surface area (Å²) in [6, 6.07) is -1.28. The number of fused-ring (bicyclic) bond motifs is 1. The number of nitrogens with zero attached hydrogens (tertiary/aromatic N) is 1. The first kappa shape index (κ1) is 26.7. The zero-order valence-corrected chi connectivity index (χ0v) is 19.0. The number of nitrogens with two attached hydrogens (primary N) is 1. The van der Waals surface area contributed by atoms with Crippen LogP contribution in [0.25, 0.3) is 0 Å². The Kier molecular flexibility index (Phi) is 8.69. The highest BCUT2D eigenvalue weighted by Gasteiger charge is 2.66. The topological polar surface area (TPSA) is 224 Å². The van der Waals surface area contributed by atoms with E-state index in [4.69, 9.17) is 15.6 Å². The van der Waals surface area contributed by atoms with Gasteiger partial charge in [-0.1, -0.05) is 0 Å². The van der Waals surface area contributed by atoms with Crippen LogP contribution in [0.3, 0.4) is 0 Å². The molecule has 3 atom stereocenters. The molecule has 0 aliphatic carbocycles. The predicted octanol–water partition coefficient (Wildman–Crippen LogP) is -1.23. The van der Waals surface area contributed by atoms with Crippen molar-refractivity contribution in [2.24, 2.45) is 5.73 Å². The number of nitrogens with one attached hydrogen (secondary N) is 2. The summed E-state index contributed by atoms with van der Waals surface area (Å²) < 4.78 is 14.3. The van der Waals surface area contributed by atoms with Gasteiger partial charge in [-0.2, -0.15) is 0 Å². The first-order valence-corrected chi connectivity index (χ1v) is 10.8. The van der Waals surface area contributed by atoms with E-state index in [2.05, 4.69) is 20.1 Å². The SMILES string of the molecule is COC(=O)NC(CCCC(=O)N[C@]1(OC)C(=O)N2C(C(=O)O)=C(COC(N)=O)CS[C@H]21)C(=O)O. The molecule has 0 aromatic carbocycles. The first-order valence-electron chi connectivity index (χ1n) is 9.74. The van der Waals surface area contributed by atoms with Crippen LogP contribution in [0.5, 0.6) is 0 Å². The largest absolute Gasteiger partial charge is 0.480 e. The Morgan fingerprint density at radius 2 is 1.94 bits per heavy atom. The lowest BCUT2D eigenvalue weighted by Crippen LogP contribution is -2.80. The Balaban J connectivity index is 2.06. The molecule has 2 aliphatic rings. The standard InChI is InChI=1S/C18H24N4O11S/c1-31-17(30)20-9(12(24)25)4-3-5-10(23)21-18(32-2)14(28)22-11(13(26)27)8(6-33-16(19)29)7-34-15(18)22/h9,15H,3-7H2,1-2H3,(H2,19,29)(H,20,30)(H,21,23)(H,24,25)(H,26,27)/t9?,15-,18-/m0/s1. The van der Waals surface area contributed by atoms with Crippen LogP contribution < -0.4 is 16.4 Å². The average molecular weight is 504 g/mol. The molecular formula is C18H24N4O11S. The number of aliphatic carboxylic acids is 2. The number of hydrogen-bond acceptors (Lipinski definition) is 10. The lowest BCUT2D eigenvalue weighted by atomic mass is 9.97. The van der Waals surface area contributed by atoms with E-state index in [0.29, 0.717) is 0 Å². The number of primary amides is 1. The number of ether oxygens (including phenoxy) is 3. The second kappa shape index (κ2) is 11.1. The number of thioether (sulfide) groups is 1. The molecule has 6 N–H and O–H groups in total. The maximum atomic E-state index is 12.9. The van der Waals surface area contributed by atoms with E-state index in [1.807, 2.05) is 0 Å². The van der Waals surface area contributed by atoms with Gasteiger partial charge in [-0.3, -0.25) is 14.5 Å². The van der Waals surface area contributed by atoms with Crippen LogP contribution in [0.4, 0.5) is 9.59 Å². The summed E-state index contributed by atoms with van der Waals surface area (Å²) in [5.41, 5.74) is 2.83. The van der Waals surface area contributed by atoms with Gasteiger partial charge in [0.1, 0.15) is 23.7 Å². The molecule has 0 spiro atoms.